The number of ether oxygens (including phenoxy) is 1. The fourth-order valence-corrected chi connectivity index (χ4v) is 2.14. The second kappa shape index (κ2) is 5.91. The molecule has 5 heteroatoms. The van der Waals surface area contributed by atoms with E-state index in [-0.39, 0.29) is 16.7 Å². The van der Waals surface area contributed by atoms with E-state index in [9.17, 15) is 4.39 Å². The molecule has 18 heavy (non-hydrogen) atoms. The molecule has 0 bridgehead atoms. The van der Waals surface area contributed by atoms with Crippen molar-refractivity contribution in [1.29, 1.82) is 0 Å². The molecule has 94 valence electrons. The molecule has 0 unspecified atom stereocenters. The van der Waals surface area contributed by atoms with Crippen LogP contribution in [0, 0.1) is 5.82 Å². The van der Waals surface area contributed by atoms with Crippen molar-refractivity contribution < 1.29 is 9.13 Å². The highest BCUT2D eigenvalue weighted by atomic mass is 79.9. The van der Waals surface area contributed by atoms with Crippen molar-refractivity contribution in [1.82, 2.24) is 0 Å². The minimum atomic E-state index is -0.584. The van der Waals surface area contributed by atoms with E-state index >= 15 is 0 Å². The molecule has 0 aliphatic carbocycles. The van der Waals surface area contributed by atoms with E-state index < -0.39 is 5.82 Å². The average Bonchev–Trinajstić information content (AvgIpc) is 2.35. The minimum absolute atomic E-state index is 0.0231. The van der Waals surface area contributed by atoms with E-state index in [2.05, 4.69) is 15.9 Å². The van der Waals surface area contributed by atoms with E-state index in [0.29, 0.717) is 5.75 Å². The Kier molecular flexibility index (Phi) is 4.49. The van der Waals surface area contributed by atoms with Crippen LogP contribution < -0.4 is 4.74 Å². The highest BCUT2D eigenvalue weighted by molar-refractivity contribution is 9.10. The molecular formula is C13H8BrCl2FO. The zero-order valence-corrected chi connectivity index (χ0v) is 12.2. The number of hydrogen-bond acceptors (Lipinski definition) is 1. The first kappa shape index (κ1) is 13.7. The number of hydrogen-bond donors (Lipinski definition) is 0. The van der Waals surface area contributed by atoms with Crippen LogP contribution in [0.15, 0.2) is 40.9 Å². The summed E-state index contributed by atoms with van der Waals surface area (Å²) < 4.78 is 20.1. The van der Waals surface area contributed by atoms with Crippen LogP contribution in [-0.2, 0) is 5.88 Å². The van der Waals surface area contributed by atoms with Gasteiger partial charge in [-0.1, -0.05) is 39.7 Å². The molecule has 0 atom stereocenters. The SMILES string of the molecule is Fc1c(Cl)cccc1Oc1cc(Br)ccc1CCl. The molecule has 0 spiro atoms. The fraction of sp³-hybridized carbons (Fsp3) is 0.0769. The maximum Gasteiger partial charge on any atom is 0.184 e. The third kappa shape index (κ3) is 2.97. The molecule has 0 saturated heterocycles. The molecule has 0 fully saturated rings. The standard InChI is InChI=1S/C13H8BrCl2FO/c14-9-5-4-8(7-15)12(6-9)18-11-3-1-2-10(16)13(11)17/h1-6H,7H2. The van der Waals surface area contributed by atoms with Crippen LogP contribution in [0.3, 0.4) is 0 Å². The summed E-state index contributed by atoms with van der Waals surface area (Å²) in [6.07, 6.45) is 0. The van der Waals surface area contributed by atoms with Gasteiger partial charge in [0.2, 0.25) is 0 Å². The van der Waals surface area contributed by atoms with Gasteiger partial charge >= 0.3 is 0 Å². The zero-order valence-electron chi connectivity index (χ0n) is 9.09. The van der Waals surface area contributed by atoms with Gasteiger partial charge in [0, 0.05) is 10.0 Å². The lowest BCUT2D eigenvalue weighted by molar-refractivity contribution is 0.439. The molecule has 0 amide bonds. The van der Waals surface area contributed by atoms with Crippen molar-refractivity contribution in [3.63, 3.8) is 0 Å². The van der Waals surface area contributed by atoms with Gasteiger partial charge in [0.25, 0.3) is 0 Å². The van der Waals surface area contributed by atoms with E-state index in [0.717, 1.165) is 10.0 Å². The van der Waals surface area contributed by atoms with Crippen molar-refractivity contribution in [2.45, 2.75) is 5.88 Å². The van der Waals surface area contributed by atoms with Gasteiger partial charge in [-0.05, 0) is 24.3 Å². The monoisotopic (exact) mass is 348 g/mol. The summed E-state index contributed by atoms with van der Waals surface area (Å²) in [7, 11) is 0. The second-order valence-electron chi connectivity index (χ2n) is 3.54. The molecule has 0 aliphatic heterocycles. The quantitative estimate of drug-likeness (QED) is 0.639. The molecule has 0 heterocycles. The molecule has 0 aliphatic rings. The number of benzene rings is 2. The van der Waals surface area contributed by atoms with Crippen molar-refractivity contribution in [3.05, 3.63) is 57.3 Å². The van der Waals surface area contributed by atoms with Crippen molar-refractivity contribution in [2.75, 3.05) is 0 Å². The largest absolute Gasteiger partial charge is 0.454 e. The second-order valence-corrected chi connectivity index (χ2v) is 5.13. The van der Waals surface area contributed by atoms with Crippen LogP contribution in [0.5, 0.6) is 11.5 Å². The van der Waals surface area contributed by atoms with E-state index in [4.69, 9.17) is 27.9 Å². The van der Waals surface area contributed by atoms with Gasteiger partial charge in [0.15, 0.2) is 11.6 Å². The van der Waals surface area contributed by atoms with Gasteiger partial charge in [0.1, 0.15) is 5.75 Å². The Morgan fingerprint density at radius 1 is 1.17 bits per heavy atom. The summed E-state index contributed by atoms with van der Waals surface area (Å²) in [6, 6.07) is 10.00. The van der Waals surface area contributed by atoms with Crippen LogP contribution in [0.1, 0.15) is 5.56 Å². The fourth-order valence-electron chi connectivity index (χ4n) is 1.42. The molecule has 0 N–H and O–H groups in total. The smallest absolute Gasteiger partial charge is 0.184 e. The van der Waals surface area contributed by atoms with Gasteiger partial charge < -0.3 is 4.74 Å². The molecule has 0 aromatic heterocycles. The van der Waals surface area contributed by atoms with Crippen molar-refractivity contribution in [3.8, 4) is 11.5 Å². The normalized spacial score (nSPS) is 10.4. The van der Waals surface area contributed by atoms with E-state index in [1.807, 2.05) is 12.1 Å². The number of rotatable bonds is 3. The summed E-state index contributed by atoms with van der Waals surface area (Å²) >= 11 is 14.8. The minimum Gasteiger partial charge on any atom is -0.454 e. The molecule has 2 rings (SSSR count). The Bertz CT molecular complexity index is 575. The molecular weight excluding hydrogens is 342 g/mol. The predicted molar refractivity (Wildman–Crippen MR) is 75.2 cm³/mol. The maximum atomic E-state index is 13.7. The molecule has 1 nitrogen and oxygen atoms in total. The first-order valence-electron chi connectivity index (χ1n) is 5.08. The Morgan fingerprint density at radius 2 is 1.94 bits per heavy atom. The third-order valence-electron chi connectivity index (χ3n) is 2.31. The Labute approximate surface area is 123 Å². The average molecular weight is 350 g/mol. The van der Waals surface area contributed by atoms with Crippen molar-refractivity contribution >= 4 is 39.1 Å². The van der Waals surface area contributed by atoms with Gasteiger partial charge in [-0.15, -0.1) is 11.6 Å². The molecule has 0 radical (unpaired) electrons. The van der Waals surface area contributed by atoms with Crippen LogP contribution in [0.25, 0.3) is 0 Å². The molecule has 2 aromatic rings. The number of halogens is 4. The van der Waals surface area contributed by atoms with Crippen LogP contribution in [-0.4, -0.2) is 0 Å². The molecule has 0 saturated carbocycles. The van der Waals surface area contributed by atoms with Gasteiger partial charge in [0.05, 0.1) is 10.9 Å². The lowest BCUT2D eigenvalue weighted by atomic mass is 10.2. The Morgan fingerprint density at radius 3 is 2.67 bits per heavy atom. The van der Waals surface area contributed by atoms with Crippen molar-refractivity contribution in [2.24, 2.45) is 0 Å². The zero-order chi connectivity index (χ0) is 13.1. The van der Waals surface area contributed by atoms with Crippen LogP contribution >= 0.6 is 39.1 Å². The first-order chi connectivity index (χ1) is 8.61. The van der Waals surface area contributed by atoms with Gasteiger partial charge in [-0.3, -0.25) is 0 Å². The van der Waals surface area contributed by atoms with Gasteiger partial charge in [-0.2, -0.15) is 0 Å². The molecule has 2 aromatic carbocycles. The summed E-state index contributed by atoms with van der Waals surface area (Å²) in [5.41, 5.74) is 0.777. The summed E-state index contributed by atoms with van der Waals surface area (Å²) in [4.78, 5) is 0. The third-order valence-corrected chi connectivity index (χ3v) is 3.38. The summed E-state index contributed by atoms with van der Waals surface area (Å²) in [6.45, 7) is 0. The van der Waals surface area contributed by atoms with E-state index in [1.165, 1.54) is 12.1 Å². The van der Waals surface area contributed by atoms with Crippen LogP contribution in [0.2, 0.25) is 5.02 Å². The summed E-state index contributed by atoms with van der Waals surface area (Å²) in [5, 5.41) is 0.0231. The van der Waals surface area contributed by atoms with E-state index in [1.54, 1.807) is 12.1 Å². The van der Waals surface area contributed by atoms with Gasteiger partial charge in [-0.25, -0.2) is 4.39 Å². The lowest BCUT2D eigenvalue weighted by Crippen LogP contribution is -1.92. The highest BCUT2D eigenvalue weighted by Crippen LogP contribution is 2.33. The Hall–Kier alpha value is -0.770. The Balaban J connectivity index is 2.39. The maximum absolute atomic E-state index is 13.7. The predicted octanol–water partition coefficient (Wildman–Crippen LogP) is 5.77. The topological polar surface area (TPSA) is 9.23 Å². The first-order valence-corrected chi connectivity index (χ1v) is 6.78. The number of alkyl halides is 1. The van der Waals surface area contributed by atoms with Crippen LogP contribution in [0.4, 0.5) is 4.39 Å². The lowest BCUT2D eigenvalue weighted by Gasteiger charge is -2.11. The summed E-state index contributed by atoms with van der Waals surface area (Å²) in [5.74, 6) is 0.275. The highest BCUT2D eigenvalue weighted by Gasteiger charge is 2.11.